The quantitative estimate of drug-likeness (QED) is 0.0397. The number of unbranched alkanes of at least 4 members (excludes halogenated alkanes) is 16. The second kappa shape index (κ2) is 27.1. The van der Waals surface area contributed by atoms with Crippen LogP contribution in [0.15, 0.2) is 0 Å². The van der Waals surface area contributed by atoms with Crippen LogP contribution in [0.5, 0.6) is 0 Å². The van der Waals surface area contributed by atoms with Gasteiger partial charge in [-0.3, -0.25) is 18.6 Å². The fraction of sp³-hybridized carbons (Fsp3) is 0.900. The highest BCUT2D eigenvalue weighted by Crippen LogP contribution is 2.43. The molecular weight excluding hydrogens is 565 g/mol. The van der Waals surface area contributed by atoms with Gasteiger partial charge in [-0.25, -0.2) is 9.36 Å². The summed E-state index contributed by atoms with van der Waals surface area (Å²) in [6, 6.07) is -1.54. The van der Waals surface area contributed by atoms with Crippen LogP contribution in [0.25, 0.3) is 0 Å². The minimum Gasteiger partial charge on any atom is -0.480 e. The Morgan fingerprint density at radius 2 is 1.10 bits per heavy atom. The first-order chi connectivity index (χ1) is 20.1. The number of carboxylic acid groups (broad SMARTS) is 1. The molecule has 248 valence electrons. The first kappa shape index (κ1) is 40.5. The summed E-state index contributed by atoms with van der Waals surface area (Å²) in [4.78, 5) is 45.2. The summed E-state index contributed by atoms with van der Waals surface area (Å²) >= 11 is 0. The number of aliphatic hydroxyl groups excluding tert-OH is 1. The molecule has 0 spiro atoms. The van der Waals surface area contributed by atoms with Crippen molar-refractivity contribution in [1.82, 2.24) is 5.32 Å². The second-order valence-electron chi connectivity index (χ2n) is 11.0. The minimum absolute atomic E-state index is 0.151. The van der Waals surface area contributed by atoms with Gasteiger partial charge in [-0.2, -0.15) is 0 Å². The maximum Gasteiger partial charge on any atom is 0.472 e. The van der Waals surface area contributed by atoms with Crippen LogP contribution in [-0.4, -0.2) is 64.9 Å². The van der Waals surface area contributed by atoms with Gasteiger partial charge in [-0.1, -0.05) is 117 Å². The van der Waals surface area contributed by atoms with Crippen molar-refractivity contribution in [3.8, 4) is 0 Å². The van der Waals surface area contributed by atoms with Gasteiger partial charge in [0.15, 0.2) is 6.04 Å². The largest absolute Gasteiger partial charge is 0.480 e. The van der Waals surface area contributed by atoms with Gasteiger partial charge in [0, 0.05) is 12.8 Å². The normalized spacial score (nSPS) is 14.2. The number of carboxylic acids is 1. The summed E-state index contributed by atoms with van der Waals surface area (Å²) in [6.45, 7) is 2.44. The van der Waals surface area contributed by atoms with Gasteiger partial charge >= 0.3 is 19.8 Å². The molecule has 1 amide bonds. The third-order valence-electron chi connectivity index (χ3n) is 6.90. The molecule has 12 heteroatoms. The van der Waals surface area contributed by atoms with Crippen molar-refractivity contribution in [3.63, 3.8) is 0 Å². The number of esters is 1. The fourth-order valence-corrected chi connectivity index (χ4v) is 5.09. The van der Waals surface area contributed by atoms with E-state index in [1.54, 1.807) is 0 Å². The molecule has 0 saturated carbocycles. The third-order valence-corrected chi connectivity index (χ3v) is 7.85. The first-order valence-corrected chi connectivity index (χ1v) is 17.6. The molecule has 4 N–H and O–H groups in total. The number of hydrogen-bond acceptors (Lipinski definition) is 8. The van der Waals surface area contributed by atoms with Crippen molar-refractivity contribution < 1.29 is 47.8 Å². The zero-order chi connectivity index (χ0) is 31.5. The lowest BCUT2D eigenvalue weighted by Gasteiger charge is -2.18. The van der Waals surface area contributed by atoms with E-state index in [2.05, 4.69) is 23.7 Å². The van der Waals surface area contributed by atoms with Crippen LogP contribution in [0.1, 0.15) is 142 Å². The maximum absolute atomic E-state index is 12.2. The molecule has 0 bridgehead atoms. The number of rotatable bonds is 30. The average molecular weight is 624 g/mol. The minimum atomic E-state index is -4.73. The van der Waals surface area contributed by atoms with E-state index in [1.807, 2.05) is 0 Å². The Hall–Kier alpha value is -1.52. The molecule has 0 saturated heterocycles. The Labute approximate surface area is 253 Å². The van der Waals surface area contributed by atoms with Gasteiger partial charge in [-0.15, -0.1) is 0 Å². The van der Waals surface area contributed by atoms with E-state index >= 15 is 0 Å². The number of ether oxygens (including phenoxy) is 1. The highest BCUT2D eigenvalue weighted by Gasteiger charge is 2.28. The molecule has 0 aromatic rings. The molecular formula is C30H58NO10P. The van der Waals surface area contributed by atoms with Crippen LogP contribution >= 0.6 is 7.82 Å². The van der Waals surface area contributed by atoms with Gasteiger partial charge in [0.25, 0.3) is 0 Å². The van der Waals surface area contributed by atoms with Gasteiger partial charge in [-0.05, 0) is 12.8 Å². The highest BCUT2D eigenvalue weighted by atomic mass is 31.2. The molecule has 3 atom stereocenters. The van der Waals surface area contributed by atoms with Crippen LogP contribution in [0.2, 0.25) is 0 Å². The number of aliphatic hydroxyl groups is 1. The van der Waals surface area contributed by atoms with Crippen molar-refractivity contribution in [2.45, 2.75) is 154 Å². The van der Waals surface area contributed by atoms with Crippen molar-refractivity contribution in [1.29, 1.82) is 0 Å². The third kappa shape index (κ3) is 26.1. The van der Waals surface area contributed by atoms with E-state index < -0.39 is 57.6 Å². The van der Waals surface area contributed by atoms with Crippen molar-refractivity contribution >= 4 is 25.7 Å². The number of amides is 1. The van der Waals surface area contributed by atoms with E-state index in [0.29, 0.717) is 12.8 Å². The van der Waals surface area contributed by atoms with Crippen LogP contribution in [0.3, 0.4) is 0 Å². The van der Waals surface area contributed by atoms with Gasteiger partial charge < -0.3 is 25.2 Å². The molecule has 3 unspecified atom stereocenters. The predicted molar refractivity (Wildman–Crippen MR) is 162 cm³/mol. The average Bonchev–Trinajstić information content (AvgIpc) is 2.95. The van der Waals surface area contributed by atoms with Crippen LogP contribution in [0, 0.1) is 0 Å². The Bertz CT molecular complexity index is 752. The number of phosphoric ester groups is 1. The summed E-state index contributed by atoms with van der Waals surface area (Å²) in [5, 5.41) is 21.5. The number of carbonyl (C=O) groups is 3. The predicted octanol–water partition coefficient (Wildman–Crippen LogP) is 6.44. The zero-order valence-electron chi connectivity index (χ0n) is 26.1. The van der Waals surface area contributed by atoms with Crippen LogP contribution < -0.4 is 5.32 Å². The Balaban J connectivity index is 4.03. The molecule has 0 heterocycles. The standard InChI is InChI=1S/C30H58NO10P/c1-3-5-7-9-10-11-12-13-14-15-16-18-19-21-28(33)31-27(30(35)36)25-41-42(37,38)40-24-26(32)23-39-29(34)22-20-17-8-6-4-2/h26-27,32H,3-25H2,1-2H3,(H,31,33)(H,35,36)(H,37,38). The Morgan fingerprint density at radius 3 is 1.57 bits per heavy atom. The molecule has 0 aliphatic heterocycles. The van der Waals surface area contributed by atoms with E-state index in [9.17, 15) is 34.1 Å². The number of carbonyl (C=O) groups excluding carboxylic acids is 2. The number of hydrogen-bond donors (Lipinski definition) is 4. The maximum atomic E-state index is 12.2. The zero-order valence-corrected chi connectivity index (χ0v) is 27.0. The summed E-state index contributed by atoms with van der Waals surface area (Å²) in [5.41, 5.74) is 0. The summed E-state index contributed by atoms with van der Waals surface area (Å²) < 4.78 is 26.4. The molecule has 0 aromatic carbocycles. The highest BCUT2D eigenvalue weighted by molar-refractivity contribution is 7.47. The van der Waals surface area contributed by atoms with Crippen molar-refractivity contribution in [3.05, 3.63) is 0 Å². The molecule has 0 aliphatic rings. The van der Waals surface area contributed by atoms with Crippen LogP contribution in [0.4, 0.5) is 0 Å². The van der Waals surface area contributed by atoms with E-state index in [-0.39, 0.29) is 12.8 Å². The fourth-order valence-electron chi connectivity index (χ4n) is 4.31. The number of nitrogens with one attached hydrogen (secondary N) is 1. The number of phosphoric acid groups is 1. The van der Waals surface area contributed by atoms with E-state index in [1.165, 1.54) is 57.8 Å². The topological polar surface area (TPSA) is 169 Å². The van der Waals surface area contributed by atoms with E-state index in [4.69, 9.17) is 9.26 Å². The molecule has 0 fully saturated rings. The van der Waals surface area contributed by atoms with Crippen molar-refractivity contribution in [2.75, 3.05) is 19.8 Å². The Morgan fingerprint density at radius 1 is 0.667 bits per heavy atom. The van der Waals surface area contributed by atoms with Crippen LogP contribution in [-0.2, 0) is 32.7 Å². The SMILES string of the molecule is CCCCCCCCCCCCCCCC(=O)NC(COP(=O)(O)OCC(O)COC(=O)CCCCCCC)C(=O)O. The Kier molecular flexibility index (Phi) is 26.1. The van der Waals surface area contributed by atoms with Gasteiger partial charge in [0.1, 0.15) is 12.7 Å². The lowest BCUT2D eigenvalue weighted by molar-refractivity contribution is -0.147. The second-order valence-corrected chi connectivity index (χ2v) is 12.5. The molecule has 0 aliphatic carbocycles. The van der Waals surface area contributed by atoms with E-state index in [0.717, 1.165) is 44.9 Å². The molecule has 42 heavy (non-hydrogen) atoms. The number of aliphatic carboxylic acids is 1. The molecule has 0 aromatic heterocycles. The summed E-state index contributed by atoms with van der Waals surface area (Å²) in [5.74, 6) is -2.38. The molecule has 11 nitrogen and oxygen atoms in total. The monoisotopic (exact) mass is 623 g/mol. The first-order valence-electron chi connectivity index (χ1n) is 16.1. The molecule has 0 radical (unpaired) electrons. The van der Waals surface area contributed by atoms with Gasteiger partial charge in [0.05, 0.1) is 13.2 Å². The molecule has 0 rings (SSSR count). The van der Waals surface area contributed by atoms with Crippen molar-refractivity contribution in [2.24, 2.45) is 0 Å². The lowest BCUT2D eigenvalue weighted by Crippen LogP contribution is -2.43. The smallest absolute Gasteiger partial charge is 0.472 e. The summed E-state index contributed by atoms with van der Waals surface area (Å²) in [7, 11) is -4.73. The summed E-state index contributed by atoms with van der Waals surface area (Å²) in [6.07, 6.45) is 19.1. The lowest BCUT2D eigenvalue weighted by atomic mass is 10.0. The van der Waals surface area contributed by atoms with Gasteiger partial charge in [0.2, 0.25) is 5.91 Å².